The number of benzene rings is 1. The molecule has 0 aliphatic rings. The van der Waals surface area contributed by atoms with E-state index in [1.807, 2.05) is 43.1 Å². The Labute approximate surface area is 125 Å². The molecule has 116 valence electrons. The molecule has 0 unspecified atom stereocenters. The maximum absolute atomic E-state index is 11.7. The lowest BCUT2D eigenvalue weighted by atomic mass is 10.2. The van der Waals surface area contributed by atoms with Crippen LogP contribution in [0.5, 0.6) is 5.75 Å². The molecule has 0 aliphatic carbocycles. The first-order valence-corrected chi connectivity index (χ1v) is 6.94. The van der Waals surface area contributed by atoms with E-state index in [1.54, 1.807) is 7.11 Å². The minimum absolute atomic E-state index is 0.150. The zero-order valence-electron chi connectivity index (χ0n) is 12.8. The number of methoxy groups -OCH3 is 1. The third kappa shape index (κ3) is 6.76. The lowest BCUT2D eigenvalue weighted by Crippen LogP contribution is -2.43. The summed E-state index contributed by atoms with van der Waals surface area (Å²) in [6.45, 7) is 3.25. The van der Waals surface area contributed by atoms with Gasteiger partial charge in [0, 0.05) is 13.1 Å². The predicted octanol–water partition coefficient (Wildman–Crippen LogP) is 1.36. The summed E-state index contributed by atoms with van der Waals surface area (Å²) in [5, 5.41) is 4.89. The maximum Gasteiger partial charge on any atom is 0.321 e. The van der Waals surface area contributed by atoms with E-state index in [0.717, 1.165) is 17.7 Å². The Morgan fingerprint density at radius 1 is 1.33 bits per heavy atom. The van der Waals surface area contributed by atoms with Gasteiger partial charge in [0.1, 0.15) is 5.75 Å². The van der Waals surface area contributed by atoms with Gasteiger partial charge in [-0.05, 0) is 31.2 Å². The van der Waals surface area contributed by atoms with Crippen LogP contribution in [0.4, 0.5) is 4.79 Å². The molecule has 6 nitrogen and oxygen atoms in total. The van der Waals surface area contributed by atoms with E-state index >= 15 is 0 Å². The predicted molar refractivity (Wildman–Crippen MR) is 81.2 cm³/mol. The van der Waals surface area contributed by atoms with Crippen LogP contribution in [0.15, 0.2) is 24.3 Å². The molecule has 1 aromatic rings. The first-order valence-electron chi connectivity index (χ1n) is 6.94. The molecule has 2 N–H and O–H groups in total. The van der Waals surface area contributed by atoms with Gasteiger partial charge in [-0.2, -0.15) is 0 Å². The van der Waals surface area contributed by atoms with Gasteiger partial charge in [-0.15, -0.1) is 0 Å². The molecule has 6 heteroatoms. The second-order valence-corrected chi connectivity index (χ2v) is 4.83. The summed E-state index contributed by atoms with van der Waals surface area (Å²) in [5.41, 5.74) is 1.04. The summed E-state index contributed by atoms with van der Waals surface area (Å²) in [6.07, 6.45) is 0.831. The summed E-state index contributed by atoms with van der Waals surface area (Å²) < 4.78 is 5.16. The van der Waals surface area contributed by atoms with Gasteiger partial charge in [-0.1, -0.05) is 19.1 Å². The van der Waals surface area contributed by atoms with E-state index in [2.05, 4.69) is 10.6 Å². The van der Waals surface area contributed by atoms with Crippen LogP contribution in [0.25, 0.3) is 0 Å². The first kappa shape index (κ1) is 17.0. The molecule has 0 saturated heterocycles. The Balaban J connectivity index is 2.40. The first-order chi connectivity index (χ1) is 10.0. The van der Waals surface area contributed by atoms with Crippen molar-refractivity contribution in [2.24, 2.45) is 0 Å². The monoisotopic (exact) mass is 293 g/mol. The molecule has 0 heterocycles. The molecule has 0 aliphatic heterocycles. The number of carbonyl (C=O) groups is 2. The third-order valence-electron chi connectivity index (χ3n) is 2.79. The molecule has 0 bridgehead atoms. The molecule has 1 aromatic carbocycles. The number of imide groups is 1. The lowest BCUT2D eigenvalue weighted by molar-refractivity contribution is -0.120. The number of ether oxygens (including phenoxy) is 1. The van der Waals surface area contributed by atoms with Gasteiger partial charge < -0.3 is 10.1 Å². The zero-order chi connectivity index (χ0) is 15.7. The highest BCUT2D eigenvalue weighted by Gasteiger charge is 2.10. The average Bonchev–Trinajstić information content (AvgIpc) is 2.44. The molecule has 0 radical (unpaired) electrons. The average molecular weight is 293 g/mol. The van der Waals surface area contributed by atoms with Crippen molar-refractivity contribution in [3.63, 3.8) is 0 Å². The second-order valence-electron chi connectivity index (χ2n) is 4.83. The Kier molecular flexibility index (Phi) is 7.25. The van der Waals surface area contributed by atoms with Crippen molar-refractivity contribution >= 4 is 11.9 Å². The molecule has 0 fully saturated rings. The highest BCUT2D eigenvalue weighted by molar-refractivity contribution is 5.95. The molecule has 0 saturated carbocycles. The van der Waals surface area contributed by atoms with Crippen LogP contribution < -0.4 is 15.4 Å². The van der Waals surface area contributed by atoms with Crippen LogP contribution in [-0.2, 0) is 11.3 Å². The van der Waals surface area contributed by atoms with E-state index in [1.165, 1.54) is 0 Å². The van der Waals surface area contributed by atoms with Crippen molar-refractivity contribution in [2.75, 3.05) is 27.2 Å². The number of amides is 3. The molecule has 0 spiro atoms. The summed E-state index contributed by atoms with van der Waals surface area (Å²) in [6, 6.07) is 7.21. The number of rotatable bonds is 7. The van der Waals surface area contributed by atoms with Crippen molar-refractivity contribution in [2.45, 2.75) is 19.9 Å². The number of nitrogens with zero attached hydrogens (tertiary/aromatic N) is 1. The second kappa shape index (κ2) is 8.97. The molecular formula is C15H23N3O3. The Bertz CT molecular complexity index is 477. The Morgan fingerprint density at radius 2 is 2.10 bits per heavy atom. The van der Waals surface area contributed by atoms with Crippen molar-refractivity contribution in [3.8, 4) is 5.75 Å². The summed E-state index contributed by atoms with van der Waals surface area (Å²) in [5.74, 6) is 0.457. The smallest absolute Gasteiger partial charge is 0.321 e. The SMILES string of the molecule is CCCNC(=O)NC(=O)CN(C)Cc1cccc(OC)c1. The number of hydrogen-bond acceptors (Lipinski definition) is 4. The van der Waals surface area contributed by atoms with Crippen LogP contribution in [-0.4, -0.2) is 44.1 Å². The normalized spacial score (nSPS) is 10.3. The van der Waals surface area contributed by atoms with E-state index in [-0.39, 0.29) is 12.5 Å². The number of urea groups is 1. The van der Waals surface area contributed by atoms with Crippen LogP contribution in [0.1, 0.15) is 18.9 Å². The van der Waals surface area contributed by atoms with Crippen LogP contribution in [0, 0.1) is 0 Å². The third-order valence-corrected chi connectivity index (χ3v) is 2.79. The molecule has 3 amide bonds. The number of likely N-dealkylation sites (N-methyl/N-ethyl adjacent to an activating group) is 1. The summed E-state index contributed by atoms with van der Waals surface area (Å²) in [4.78, 5) is 24.9. The molecule has 21 heavy (non-hydrogen) atoms. The molecular weight excluding hydrogens is 270 g/mol. The minimum Gasteiger partial charge on any atom is -0.497 e. The van der Waals surface area contributed by atoms with Gasteiger partial charge in [-0.3, -0.25) is 15.0 Å². The molecule has 1 rings (SSSR count). The number of nitrogens with one attached hydrogen (secondary N) is 2. The topological polar surface area (TPSA) is 70.7 Å². The summed E-state index contributed by atoms with van der Waals surface area (Å²) in [7, 11) is 3.44. The fraction of sp³-hybridized carbons (Fsp3) is 0.467. The molecule has 0 aromatic heterocycles. The van der Waals surface area contributed by atoms with Crippen molar-refractivity contribution in [1.29, 1.82) is 0 Å². The van der Waals surface area contributed by atoms with E-state index < -0.39 is 6.03 Å². The zero-order valence-corrected chi connectivity index (χ0v) is 12.8. The minimum atomic E-state index is -0.448. The van der Waals surface area contributed by atoms with Crippen molar-refractivity contribution in [1.82, 2.24) is 15.5 Å². The highest BCUT2D eigenvalue weighted by atomic mass is 16.5. The van der Waals surface area contributed by atoms with Crippen molar-refractivity contribution in [3.05, 3.63) is 29.8 Å². The maximum atomic E-state index is 11.7. The van der Waals surface area contributed by atoms with E-state index in [0.29, 0.717) is 13.1 Å². The number of hydrogen-bond donors (Lipinski definition) is 2. The Hall–Kier alpha value is -2.08. The largest absolute Gasteiger partial charge is 0.497 e. The fourth-order valence-electron chi connectivity index (χ4n) is 1.83. The molecule has 0 atom stereocenters. The lowest BCUT2D eigenvalue weighted by Gasteiger charge is -2.16. The fourth-order valence-corrected chi connectivity index (χ4v) is 1.83. The van der Waals surface area contributed by atoms with Gasteiger partial charge >= 0.3 is 6.03 Å². The number of carbonyl (C=O) groups excluding carboxylic acids is 2. The van der Waals surface area contributed by atoms with Crippen LogP contribution in [0.3, 0.4) is 0 Å². The van der Waals surface area contributed by atoms with Crippen molar-refractivity contribution < 1.29 is 14.3 Å². The quantitative estimate of drug-likeness (QED) is 0.796. The van der Waals surface area contributed by atoms with Crippen LogP contribution >= 0.6 is 0 Å². The van der Waals surface area contributed by atoms with Gasteiger partial charge in [-0.25, -0.2) is 4.79 Å². The van der Waals surface area contributed by atoms with E-state index in [9.17, 15) is 9.59 Å². The summed E-state index contributed by atoms with van der Waals surface area (Å²) >= 11 is 0. The van der Waals surface area contributed by atoms with E-state index in [4.69, 9.17) is 4.74 Å². The highest BCUT2D eigenvalue weighted by Crippen LogP contribution is 2.13. The standard InChI is InChI=1S/C15H23N3O3/c1-4-8-16-15(20)17-14(19)11-18(2)10-12-6-5-7-13(9-12)21-3/h5-7,9H,4,8,10-11H2,1-3H3,(H2,16,17,19,20). The van der Waals surface area contributed by atoms with Gasteiger partial charge in [0.15, 0.2) is 0 Å². The van der Waals surface area contributed by atoms with Gasteiger partial charge in [0.25, 0.3) is 0 Å². The van der Waals surface area contributed by atoms with Gasteiger partial charge in [0.2, 0.25) is 5.91 Å². The Morgan fingerprint density at radius 3 is 2.76 bits per heavy atom. The van der Waals surface area contributed by atoms with Crippen LogP contribution in [0.2, 0.25) is 0 Å². The van der Waals surface area contributed by atoms with Gasteiger partial charge in [0.05, 0.1) is 13.7 Å².